The Hall–Kier alpha value is -3.49. The minimum atomic E-state index is -0.210. The van der Waals surface area contributed by atoms with E-state index >= 15 is 0 Å². The molecule has 1 aromatic carbocycles. The van der Waals surface area contributed by atoms with Crippen LogP contribution < -0.4 is 10.6 Å². The smallest absolute Gasteiger partial charge is 0.319 e. The summed E-state index contributed by atoms with van der Waals surface area (Å²) >= 11 is 0. The van der Waals surface area contributed by atoms with Crippen molar-refractivity contribution >= 4 is 23.4 Å². The lowest BCUT2D eigenvalue weighted by molar-refractivity contribution is -0.132. The SMILES string of the molecule is Cc1nc2ncnn2c(C)c1CCC(=O)N1CCC(NC(=O)Nc2ccccc2)CC1. The monoisotopic (exact) mass is 421 g/mol. The first-order valence-electron chi connectivity index (χ1n) is 10.6. The molecule has 0 aliphatic carbocycles. The Balaban J connectivity index is 1.25. The van der Waals surface area contributed by atoms with Crippen LogP contribution in [0.1, 0.15) is 36.2 Å². The maximum Gasteiger partial charge on any atom is 0.319 e. The van der Waals surface area contributed by atoms with Crippen LogP contribution in [0.25, 0.3) is 5.78 Å². The third-order valence-electron chi connectivity index (χ3n) is 5.79. The number of piperidine rings is 1. The van der Waals surface area contributed by atoms with Gasteiger partial charge in [-0.25, -0.2) is 14.3 Å². The number of aryl methyl sites for hydroxylation is 2. The van der Waals surface area contributed by atoms with E-state index in [0.29, 0.717) is 31.7 Å². The fraction of sp³-hybridized carbons (Fsp3) is 0.409. The summed E-state index contributed by atoms with van der Waals surface area (Å²) in [6.45, 7) is 5.22. The van der Waals surface area contributed by atoms with E-state index in [1.54, 1.807) is 4.52 Å². The van der Waals surface area contributed by atoms with Gasteiger partial charge in [0, 0.05) is 42.6 Å². The Morgan fingerprint density at radius 2 is 1.87 bits per heavy atom. The van der Waals surface area contributed by atoms with Crippen LogP contribution in [0.5, 0.6) is 0 Å². The number of para-hydroxylation sites is 1. The van der Waals surface area contributed by atoms with Gasteiger partial charge in [-0.3, -0.25) is 4.79 Å². The maximum atomic E-state index is 12.7. The first kappa shape index (κ1) is 20.8. The second-order valence-corrected chi connectivity index (χ2v) is 7.85. The molecule has 162 valence electrons. The van der Waals surface area contributed by atoms with Crippen molar-refractivity contribution < 1.29 is 9.59 Å². The van der Waals surface area contributed by atoms with Gasteiger partial charge < -0.3 is 15.5 Å². The van der Waals surface area contributed by atoms with Gasteiger partial charge >= 0.3 is 6.03 Å². The molecule has 1 fully saturated rings. The summed E-state index contributed by atoms with van der Waals surface area (Å²) in [5.74, 6) is 0.709. The molecular formula is C22H27N7O2. The van der Waals surface area contributed by atoms with Crippen LogP contribution in [0, 0.1) is 13.8 Å². The van der Waals surface area contributed by atoms with E-state index in [1.165, 1.54) is 6.33 Å². The van der Waals surface area contributed by atoms with Gasteiger partial charge in [0.25, 0.3) is 5.78 Å². The van der Waals surface area contributed by atoms with Gasteiger partial charge in [0.2, 0.25) is 5.91 Å². The van der Waals surface area contributed by atoms with Crippen molar-refractivity contribution in [1.82, 2.24) is 29.8 Å². The predicted octanol–water partition coefficient (Wildman–Crippen LogP) is 2.49. The summed E-state index contributed by atoms with van der Waals surface area (Å²) in [5, 5.41) is 10.0. The number of benzene rings is 1. The highest BCUT2D eigenvalue weighted by Crippen LogP contribution is 2.17. The van der Waals surface area contributed by atoms with E-state index in [2.05, 4.69) is 25.7 Å². The van der Waals surface area contributed by atoms with Crippen molar-refractivity contribution in [2.24, 2.45) is 0 Å². The minimum Gasteiger partial charge on any atom is -0.343 e. The topological polar surface area (TPSA) is 105 Å². The van der Waals surface area contributed by atoms with Crippen molar-refractivity contribution in [2.75, 3.05) is 18.4 Å². The number of aromatic nitrogens is 4. The molecule has 0 bridgehead atoms. The molecular weight excluding hydrogens is 394 g/mol. The van der Waals surface area contributed by atoms with E-state index in [0.717, 1.165) is 35.5 Å². The Kier molecular flexibility index (Phi) is 6.11. The largest absolute Gasteiger partial charge is 0.343 e. The van der Waals surface area contributed by atoms with E-state index in [4.69, 9.17) is 0 Å². The number of carbonyl (C=O) groups excluding carboxylic acids is 2. The number of rotatable bonds is 5. The molecule has 31 heavy (non-hydrogen) atoms. The molecule has 0 unspecified atom stereocenters. The summed E-state index contributed by atoms with van der Waals surface area (Å²) in [5.41, 5.74) is 3.66. The molecule has 0 atom stereocenters. The molecule has 2 N–H and O–H groups in total. The van der Waals surface area contributed by atoms with Crippen molar-refractivity contribution in [2.45, 2.75) is 45.6 Å². The van der Waals surface area contributed by atoms with Crippen LogP contribution in [-0.2, 0) is 11.2 Å². The highest BCUT2D eigenvalue weighted by molar-refractivity contribution is 5.89. The van der Waals surface area contributed by atoms with Gasteiger partial charge in [-0.1, -0.05) is 18.2 Å². The van der Waals surface area contributed by atoms with E-state index in [1.807, 2.05) is 49.1 Å². The zero-order valence-corrected chi connectivity index (χ0v) is 17.8. The van der Waals surface area contributed by atoms with Gasteiger partial charge in [-0.2, -0.15) is 10.1 Å². The molecule has 1 aliphatic heterocycles. The average Bonchev–Trinajstić information content (AvgIpc) is 3.23. The third kappa shape index (κ3) is 4.82. The van der Waals surface area contributed by atoms with Crippen LogP contribution in [-0.4, -0.2) is 55.6 Å². The molecule has 9 heteroatoms. The molecule has 9 nitrogen and oxygen atoms in total. The number of carbonyl (C=O) groups is 2. The van der Waals surface area contributed by atoms with Crippen LogP contribution in [0.2, 0.25) is 0 Å². The van der Waals surface area contributed by atoms with Gasteiger partial charge in [-0.05, 0) is 50.8 Å². The number of nitrogens with one attached hydrogen (secondary N) is 2. The van der Waals surface area contributed by atoms with E-state index < -0.39 is 0 Å². The van der Waals surface area contributed by atoms with Crippen molar-refractivity contribution in [3.05, 3.63) is 53.6 Å². The average molecular weight is 422 g/mol. The third-order valence-corrected chi connectivity index (χ3v) is 5.79. The Labute approximate surface area is 180 Å². The van der Waals surface area contributed by atoms with Crippen LogP contribution in [0.3, 0.4) is 0 Å². The van der Waals surface area contributed by atoms with Crippen LogP contribution in [0.4, 0.5) is 10.5 Å². The van der Waals surface area contributed by atoms with Crippen molar-refractivity contribution in [3.63, 3.8) is 0 Å². The van der Waals surface area contributed by atoms with Gasteiger partial charge in [0.15, 0.2) is 0 Å². The van der Waals surface area contributed by atoms with E-state index in [9.17, 15) is 9.59 Å². The Bertz CT molecular complexity index is 1070. The molecule has 1 aliphatic rings. The second-order valence-electron chi connectivity index (χ2n) is 7.85. The number of nitrogens with zero attached hydrogens (tertiary/aromatic N) is 5. The number of anilines is 1. The number of likely N-dealkylation sites (tertiary alicyclic amines) is 1. The highest BCUT2D eigenvalue weighted by Gasteiger charge is 2.24. The van der Waals surface area contributed by atoms with Crippen molar-refractivity contribution in [1.29, 1.82) is 0 Å². The zero-order valence-electron chi connectivity index (χ0n) is 17.8. The quantitative estimate of drug-likeness (QED) is 0.659. The lowest BCUT2D eigenvalue weighted by Crippen LogP contribution is -2.47. The first-order chi connectivity index (χ1) is 15.0. The summed E-state index contributed by atoms with van der Waals surface area (Å²) < 4.78 is 1.71. The second kappa shape index (κ2) is 9.11. The van der Waals surface area contributed by atoms with E-state index in [-0.39, 0.29) is 18.0 Å². The van der Waals surface area contributed by atoms with Crippen LogP contribution in [0.15, 0.2) is 36.7 Å². The molecule has 4 rings (SSSR count). The van der Waals surface area contributed by atoms with Gasteiger partial charge in [0.1, 0.15) is 6.33 Å². The highest BCUT2D eigenvalue weighted by atomic mass is 16.2. The summed E-state index contributed by atoms with van der Waals surface area (Å²) in [6, 6.07) is 9.21. The normalized spacial score (nSPS) is 14.6. The summed E-state index contributed by atoms with van der Waals surface area (Å²) in [7, 11) is 0. The standard InChI is InChI=1S/C22H27N7O2/c1-15-19(16(2)29-21(25-15)23-14-24-29)8-9-20(30)28-12-10-18(11-13-28)27-22(31)26-17-6-4-3-5-7-17/h3-7,14,18H,8-13H2,1-2H3,(H2,26,27,31). The fourth-order valence-corrected chi connectivity index (χ4v) is 4.05. The van der Waals surface area contributed by atoms with Gasteiger partial charge in [-0.15, -0.1) is 0 Å². The molecule has 1 saturated heterocycles. The lowest BCUT2D eigenvalue weighted by atomic mass is 10.0. The van der Waals surface area contributed by atoms with Crippen LogP contribution >= 0.6 is 0 Å². The fourth-order valence-electron chi connectivity index (χ4n) is 4.05. The minimum absolute atomic E-state index is 0.0659. The molecule has 2 aromatic heterocycles. The Morgan fingerprint density at radius 3 is 2.61 bits per heavy atom. The molecule has 0 radical (unpaired) electrons. The molecule has 3 heterocycles. The predicted molar refractivity (Wildman–Crippen MR) is 117 cm³/mol. The summed E-state index contributed by atoms with van der Waals surface area (Å²) in [6.07, 6.45) is 4.03. The molecule has 3 aromatic rings. The Morgan fingerprint density at radius 1 is 1.13 bits per heavy atom. The number of fused-ring (bicyclic) bond motifs is 1. The number of hydrogen-bond acceptors (Lipinski definition) is 5. The number of urea groups is 1. The lowest BCUT2D eigenvalue weighted by Gasteiger charge is -2.32. The summed E-state index contributed by atoms with van der Waals surface area (Å²) in [4.78, 5) is 35.4. The number of hydrogen-bond donors (Lipinski definition) is 2. The molecule has 0 saturated carbocycles. The first-order valence-corrected chi connectivity index (χ1v) is 10.6. The zero-order chi connectivity index (χ0) is 21.8. The number of amides is 3. The van der Waals surface area contributed by atoms with Crippen molar-refractivity contribution in [3.8, 4) is 0 Å². The maximum absolute atomic E-state index is 12.7. The van der Waals surface area contributed by atoms with Gasteiger partial charge in [0.05, 0.1) is 0 Å². The molecule has 0 spiro atoms. The molecule has 3 amide bonds.